The van der Waals surface area contributed by atoms with Gasteiger partial charge in [-0.25, -0.2) is 0 Å². The van der Waals surface area contributed by atoms with E-state index in [9.17, 15) is 9.59 Å². The van der Waals surface area contributed by atoms with Gasteiger partial charge in [0, 0.05) is 24.6 Å². The van der Waals surface area contributed by atoms with E-state index in [-0.39, 0.29) is 17.8 Å². The number of methoxy groups -OCH3 is 2. The molecule has 28 heavy (non-hydrogen) atoms. The average molecular weight is 428 g/mol. The summed E-state index contributed by atoms with van der Waals surface area (Å²) in [6, 6.07) is 3.66. The Balaban J connectivity index is 1.95. The molecule has 1 aromatic carbocycles. The van der Waals surface area contributed by atoms with Gasteiger partial charge in [-0.3, -0.25) is 19.8 Å². The predicted octanol–water partition coefficient (Wildman–Crippen LogP) is 2.89. The molecular weight excluding hydrogens is 402 g/mol. The number of hydrogen-bond acceptors (Lipinski definition) is 6. The first-order chi connectivity index (χ1) is 13.4. The lowest BCUT2D eigenvalue weighted by Gasteiger charge is -2.31. The molecule has 2 unspecified atom stereocenters. The third kappa shape index (κ3) is 4.50. The quantitative estimate of drug-likeness (QED) is 0.694. The normalized spacial score (nSPS) is 23.1. The lowest BCUT2D eigenvalue weighted by Crippen LogP contribution is -2.47. The number of halogens is 1. The Labute approximate surface area is 174 Å². The fourth-order valence-corrected chi connectivity index (χ4v) is 5.37. The number of amides is 2. The Hall–Kier alpha value is -1.64. The number of primary amides is 1. The molecule has 1 aliphatic carbocycles. The molecule has 3 rings (SSSR count). The Bertz CT molecular complexity index is 742. The number of nitrogens with two attached hydrogens (primary N) is 1. The van der Waals surface area contributed by atoms with Crippen LogP contribution in [-0.2, 0) is 9.59 Å². The molecule has 3 N–H and O–H groups in total. The molecule has 0 radical (unpaired) electrons. The summed E-state index contributed by atoms with van der Waals surface area (Å²) in [6.07, 6.45) is 5.72. The zero-order valence-corrected chi connectivity index (χ0v) is 17.6. The van der Waals surface area contributed by atoms with Gasteiger partial charge in [0.2, 0.25) is 11.8 Å². The minimum absolute atomic E-state index is 0.00408. The third-order valence-electron chi connectivity index (χ3n) is 5.12. The largest absolute Gasteiger partial charge is 0.495 e. The number of ether oxygens (including phenoxy) is 2. The van der Waals surface area contributed by atoms with Crippen molar-refractivity contribution in [2.75, 3.05) is 19.1 Å². The van der Waals surface area contributed by atoms with Crippen molar-refractivity contribution in [3.8, 4) is 11.5 Å². The summed E-state index contributed by atoms with van der Waals surface area (Å²) in [6.45, 7) is 0. The maximum atomic E-state index is 13.2. The van der Waals surface area contributed by atoms with E-state index in [4.69, 9.17) is 26.8 Å². The highest BCUT2D eigenvalue weighted by molar-refractivity contribution is 8.01. The van der Waals surface area contributed by atoms with Gasteiger partial charge < -0.3 is 15.2 Å². The maximum Gasteiger partial charge on any atom is 0.242 e. The van der Waals surface area contributed by atoms with Crippen LogP contribution in [0.1, 0.15) is 38.5 Å². The SMILES string of the molecule is COc1cc(N2C(=O)C(CC(N)=O)SC2NC2CCCCC2)c(OC)cc1Cl. The molecule has 2 atom stereocenters. The van der Waals surface area contributed by atoms with Crippen LogP contribution in [0.2, 0.25) is 5.02 Å². The van der Waals surface area contributed by atoms with Crippen LogP contribution < -0.4 is 25.4 Å². The number of benzene rings is 1. The monoisotopic (exact) mass is 427 g/mol. The van der Waals surface area contributed by atoms with Crippen LogP contribution in [0.4, 0.5) is 5.69 Å². The molecule has 1 saturated carbocycles. The highest BCUT2D eigenvalue weighted by atomic mass is 35.5. The van der Waals surface area contributed by atoms with Gasteiger partial charge in [-0.05, 0) is 12.8 Å². The molecule has 0 aromatic heterocycles. The van der Waals surface area contributed by atoms with Gasteiger partial charge in [-0.2, -0.15) is 0 Å². The molecule has 2 fully saturated rings. The van der Waals surface area contributed by atoms with E-state index >= 15 is 0 Å². The molecule has 1 aliphatic heterocycles. The number of thioether (sulfide) groups is 1. The van der Waals surface area contributed by atoms with Crippen LogP contribution in [0, 0.1) is 0 Å². The Kier molecular flexibility index (Phi) is 6.95. The summed E-state index contributed by atoms with van der Waals surface area (Å²) < 4.78 is 10.8. The number of rotatable bonds is 7. The second-order valence-corrected chi connectivity index (χ2v) is 8.71. The lowest BCUT2D eigenvalue weighted by atomic mass is 9.96. The van der Waals surface area contributed by atoms with Crippen LogP contribution in [-0.4, -0.2) is 42.8 Å². The highest BCUT2D eigenvalue weighted by Gasteiger charge is 2.44. The first-order valence-corrected chi connectivity index (χ1v) is 10.7. The van der Waals surface area contributed by atoms with E-state index in [1.807, 2.05) is 0 Å². The zero-order valence-electron chi connectivity index (χ0n) is 16.1. The molecule has 9 heteroatoms. The predicted molar refractivity (Wildman–Crippen MR) is 111 cm³/mol. The number of carbonyl (C=O) groups is 2. The lowest BCUT2D eigenvalue weighted by molar-refractivity contribution is -0.122. The fourth-order valence-electron chi connectivity index (χ4n) is 3.73. The van der Waals surface area contributed by atoms with E-state index in [1.165, 1.54) is 45.2 Å². The zero-order chi connectivity index (χ0) is 20.3. The molecule has 1 aromatic rings. The molecule has 1 heterocycles. The van der Waals surface area contributed by atoms with E-state index in [1.54, 1.807) is 17.0 Å². The average Bonchev–Trinajstić information content (AvgIpc) is 2.96. The van der Waals surface area contributed by atoms with E-state index < -0.39 is 11.2 Å². The standard InChI is InChI=1S/C19H26ClN3O4S/c1-26-14-9-13(15(27-2)8-12(14)20)23-18(25)16(10-17(21)24)28-19(23)22-11-6-4-3-5-7-11/h8-9,11,16,19,22H,3-7,10H2,1-2H3,(H2,21,24). The van der Waals surface area contributed by atoms with Gasteiger partial charge in [0.15, 0.2) is 0 Å². The molecule has 0 bridgehead atoms. The van der Waals surface area contributed by atoms with Crippen LogP contribution in [0.25, 0.3) is 0 Å². The van der Waals surface area contributed by atoms with Gasteiger partial charge in [0.25, 0.3) is 0 Å². The van der Waals surface area contributed by atoms with Crippen LogP contribution in [0.5, 0.6) is 11.5 Å². The Morgan fingerprint density at radius 2 is 1.93 bits per heavy atom. The molecule has 2 aliphatic rings. The van der Waals surface area contributed by atoms with Crippen molar-refractivity contribution in [2.24, 2.45) is 5.73 Å². The second kappa shape index (κ2) is 9.24. The van der Waals surface area contributed by atoms with Crippen LogP contribution >= 0.6 is 23.4 Å². The summed E-state index contributed by atoms with van der Waals surface area (Å²) >= 11 is 7.64. The molecule has 2 amide bonds. The first kappa shape index (κ1) is 21.1. The smallest absolute Gasteiger partial charge is 0.242 e. The van der Waals surface area contributed by atoms with E-state index in [0.29, 0.717) is 28.3 Å². The maximum absolute atomic E-state index is 13.2. The van der Waals surface area contributed by atoms with Crippen molar-refractivity contribution in [3.63, 3.8) is 0 Å². The van der Waals surface area contributed by atoms with E-state index in [0.717, 1.165) is 12.8 Å². The van der Waals surface area contributed by atoms with Gasteiger partial charge in [0.1, 0.15) is 17.0 Å². The number of hydrogen-bond donors (Lipinski definition) is 2. The van der Waals surface area contributed by atoms with E-state index in [2.05, 4.69) is 5.32 Å². The first-order valence-electron chi connectivity index (χ1n) is 9.39. The summed E-state index contributed by atoms with van der Waals surface area (Å²) in [7, 11) is 3.05. The minimum atomic E-state index is -0.537. The third-order valence-corrected chi connectivity index (χ3v) is 6.72. The Morgan fingerprint density at radius 3 is 2.54 bits per heavy atom. The van der Waals surface area contributed by atoms with Crippen molar-refractivity contribution in [1.29, 1.82) is 0 Å². The summed E-state index contributed by atoms with van der Waals surface area (Å²) in [5, 5.41) is 3.45. The summed E-state index contributed by atoms with van der Waals surface area (Å²) in [5.41, 5.74) is 5.60. The Morgan fingerprint density at radius 1 is 1.25 bits per heavy atom. The van der Waals surface area contributed by atoms with Crippen LogP contribution in [0.15, 0.2) is 12.1 Å². The second-order valence-electron chi connectivity index (χ2n) is 7.02. The van der Waals surface area contributed by atoms with Gasteiger partial charge in [0.05, 0.1) is 30.2 Å². The number of carbonyl (C=O) groups excluding carboxylic acids is 2. The van der Waals surface area contributed by atoms with Crippen molar-refractivity contribution in [3.05, 3.63) is 17.2 Å². The summed E-state index contributed by atoms with van der Waals surface area (Å²) in [5.74, 6) is 0.240. The number of anilines is 1. The highest BCUT2D eigenvalue weighted by Crippen LogP contribution is 2.44. The van der Waals surface area contributed by atoms with Gasteiger partial charge in [-0.15, -0.1) is 11.8 Å². The fraction of sp³-hybridized carbons (Fsp3) is 0.579. The minimum Gasteiger partial charge on any atom is -0.495 e. The molecule has 7 nitrogen and oxygen atoms in total. The van der Waals surface area contributed by atoms with Crippen molar-refractivity contribution in [1.82, 2.24) is 5.32 Å². The summed E-state index contributed by atoms with van der Waals surface area (Å²) in [4.78, 5) is 26.3. The number of nitrogens with one attached hydrogen (secondary N) is 1. The van der Waals surface area contributed by atoms with Crippen molar-refractivity contribution >= 4 is 40.9 Å². The van der Waals surface area contributed by atoms with Gasteiger partial charge >= 0.3 is 0 Å². The number of nitrogens with zero attached hydrogens (tertiary/aromatic N) is 1. The van der Waals surface area contributed by atoms with Crippen molar-refractivity contribution in [2.45, 2.75) is 55.3 Å². The topological polar surface area (TPSA) is 93.9 Å². The molecular formula is C19H26ClN3O4S. The van der Waals surface area contributed by atoms with Gasteiger partial charge in [-0.1, -0.05) is 30.9 Å². The van der Waals surface area contributed by atoms with Crippen LogP contribution in [0.3, 0.4) is 0 Å². The molecule has 154 valence electrons. The molecule has 0 spiro atoms. The van der Waals surface area contributed by atoms with Crippen molar-refractivity contribution < 1.29 is 19.1 Å². The molecule has 1 saturated heterocycles.